The molecule has 90 valence electrons. The number of thiazole rings is 1. The Labute approximate surface area is 116 Å². The fourth-order valence-electron chi connectivity index (χ4n) is 1.41. The Hall–Kier alpha value is -0.720. The molecule has 3 nitrogen and oxygen atoms in total. The molecule has 6 heteroatoms. The number of thiophene rings is 1. The molecule has 1 amide bonds. The second-order valence-corrected chi connectivity index (χ2v) is 7.15. The standard InChI is InChI=1S/C11H11BrN2OS2/c1-7-13-8(6-16-7)5-14(2)11(15)9-3-4-10(12)17-9/h3-4,6H,5H2,1-2H3. The fraction of sp³-hybridized carbons (Fsp3) is 0.273. The minimum Gasteiger partial charge on any atom is -0.335 e. The van der Waals surface area contributed by atoms with Crippen LogP contribution < -0.4 is 0 Å². The molecule has 2 aromatic heterocycles. The maximum absolute atomic E-state index is 12.1. The molecule has 2 heterocycles. The first kappa shape index (κ1) is 12.7. The number of hydrogen-bond acceptors (Lipinski definition) is 4. The molecule has 0 bridgehead atoms. The normalized spacial score (nSPS) is 10.5. The molecule has 2 rings (SSSR count). The van der Waals surface area contributed by atoms with Gasteiger partial charge in [0.25, 0.3) is 5.91 Å². The zero-order chi connectivity index (χ0) is 12.4. The topological polar surface area (TPSA) is 33.2 Å². The summed E-state index contributed by atoms with van der Waals surface area (Å²) >= 11 is 6.41. The van der Waals surface area contributed by atoms with Gasteiger partial charge in [-0.2, -0.15) is 0 Å². The van der Waals surface area contributed by atoms with Gasteiger partial charge in [-0.1, -0.05) is 0 Å². The average molecular weight is 331 g/mol. The van der Waals surface area contributed by atoms with Crippen LogP contribution in [0.3, 0.4) is 0 Å². The molecule has 0 radical (unpaired) electrons. The number of aryl methyl sites for hydroxylation is 1. The third-order valence-corrected chi connectivity index (χ3v) is 4.63. The molecule has 0 saturated carbocycles. The number of aromatic nitrogens is 1. The van der Waals surface area contributed by atoms with Gasteiger partial charge in [0, 0.05) is 12.4 Å². The van der Waals surface area contributed by atoms with E-state index in [0.29, 0.717) is 6.54 Å². The van der Waals surface area contributed by atoms with Gasteiger partial charge >= 0.3 is 0 Å². The summed E-state index contributed by atoms with van der Waals surface area (Å²) in [5.41, 5.74) is 0.943. The molecule has 0 fully saturated rings. The minimum atomic E-state index is 0.0337. The van der Waals surface area contributed by atoms with E-state index in [0.717, 1.165) is 19.4 Å². The molecule has 2 aromatic rings. The molecule has 0 spiro atoms. The number of halogens is 1. The van der Waals surface area contributed by atoms with Crippen molar-refractivity contribution in [3.63, 3.8) is 0 Å². The predicted octanol–water partition coefficient (Wildman–Crippen LogP) is 3.55. The van der Waals surface area contributed by atoms with Crippen molar-refractivity contribution < 1.29 is 4.79 Å². The molecule has 0 aliphatic rings. The first-order chi connectivity index (χ1) is 8.06. The van der Waals surface area contributed by atoms with Gasteiger partial charge in [-0.25, -0.2) is 4.98 Å². The summed E-state index contributed by atoms with van der Waals surface area (Å²) in [6.45, 7) is 2.52. The van der Waals surface area contributed by atoms with E-state index in [-0.39, 0.29) is 5.91 Å². The van der Waals surface area contributed by atoms with Crippen molar-refractivity contribution in [2.45, 2.75) is 13.5 Å². The molecule has 0 atom stereocenters. The maximum Gasteiger partial charge on any atom is 0.264 e. The Morgan fingerprint density at radius 3 is 2.82 bits per heavy atom. The molecule has 0 aliphatic heterocycles. The number of amides is 1. The lowest BCUT2D eigenvalue weighted by Crippen LogP contribution is -2.25. The number of rotatable bonds is 3. The lowest BCUT2D eigenvalue weighted by molar-refractivity contribution is 0.0788. The quantitative estimate of drug-likeness (QED) is 0.862. The van der Waals surface area contributed by atoms with Crippen LogP contribution in [-0.4, -0.2) is 22.8 Å². The van der Waals surface area contributed by atoms with Crippen LogP contribution in [0.2, 0.25) is 0 Å². The second kappa shape index (κ2) is 5.29. The van der Waals surface area contributed by atoms with E-state index >= 15 is 0 Å². The molecular weight excluding hydrogens is 320 g/mol. The van der Waals surface area contributed by atoms with Crippen molar-refractivity contribution >= 4 is 44.5 Å². The summed E-state index contributed by atoms with van der Waals surface area (Å²) in [4.78, 5) is 18.8. The maximum atomic E-state index is 12.1. The van der Waals surface area contributed by atoms with Crippen molar-refractivity contribution in [1.29, 1.82) is 0 Å². The molecule has 0 N–H and O–H groups in total. The van der Waals surface area contributed by atoms with Crippen LogP contribution in [0.25, 0.3) is 0 Å². The summed E-state index contributed by atoms with van der Waals surface area (Å²) in [6.07, 6.45) is 0. The van der Waals surface area contributed by atoms with Crippen LogP contribution in [0.4, 0.5) is 0 Å². The van der Waals surface area contributed by atoms with Gasteiger partial charge in [0.05, 0.1) is 25.9 Å². The van der Waals surface area contributed by atoms with Crippen molar-refractivity contribution in [2.24, 2.45) is 0 Å². The highest BCUT2D eigenvalue weighted by molar-refractivity contribution is 9.11. The third-order valence-electron chi connectivity index (χ3n) is 2.20. The summed E-state index contributed by atoms with van der Waals surface area (Å²) in [5, 5.41) is 3.02. The smallest absolute Gasteiger partial charge is 0.264 e. The molecule has 0 aliphatic carbocycles. The van der Waals surface area contributed by atoms with E-state index < -0.39 is 0 Å². The van der Waals surface area contributed by atoms with Crippen molar-refractivity contribution in [3.05, 3.63) is 36.9 Å². The third kappa shape index (κ3) is 3.14. The summed E-state index contributed by atoms with van der Waals surface area (Å²) in [6, 6.07) is 3.72. The van der Waals surface area contributed by atoms with Crippen molar-refractivity contribution in [3.8, 4) is 0 Å². The molecule has 0 unspecified atom stereocenters. The van der Waals surface area contributed by atoms with Crippen molar-refractivity contribution in [2.75, 3.05) is 7.05 Å². The first-order valence-corrected chi connectivity index (χ1v) is 7.47. The van der Waals surface area contributed by atoms with E-state index in [4.69, 9.17) is 0 Å². The Balaban J connectivity index is 2.05. The monoisotopic (exact) mass is 330 g/mol. The van der Waals surface area contributed by atoms with Crippen LogP contribution in [0.1, 0.15) is 20.4 Å². The Bertz CT molecular complexity index is 535. The number of carbonyl (C=O) groups is 1. The van der Waals surface area contributed by atoms with Gasteiger partial charge in [0.1, 0.15) is 0 Å². The highest BCUT2D eigenvalue weighted by Gasteiger charge is 2.14. The lowest BCUT2D eigenvalue weighted by Gasteiger charge is -2.14. The van der Waals surface area contributed by atoms with Gasteiger partial charge in [0.2, 0.25) is 0 Å². The van der Waals surface area contributed by atoms with Crippen LogP contribution in [0.15, 0.2) is 21.3 Å². The second-order valence-electron chi connectivity index (χ2n) is 3.62. The summed E-state index contributed by atoms with van der Waals surface area (Å²) < 4.78 is 0.971. The molecule has 0 saturated heterocycles. The zero-order valence-electron chi connectivity index (χ0n) is 9.44. The zero-order valence-corrected chi connectivity index (χ0v) is 12.7. The highest BCUT2D eigenvalue weighted by Crippen LogP contribution is 2.23. The van der Waals surface area contributed by atoms with E-state index in [1.165, 1.54) is 11.3 Å². The van der Waals surface area contributed by atoms with E-state index in [1.54, 1.807) is 23.3 Å². The number of nitrogens with zero attached hydrogens (tertiary/aromatic N) is 2. The van der Waals surface area contributed by atoms with Crippen molar-refractivity contribution in [1.82, 2.24) is 9.88 Å². The van der Waals surface area contributed by atoms with Gasteiger partial charge in [-0.15, -0.1) is 22.7 Å². The van der Waals surface area contributed by atoms with E-state index in [2.05, 4.69) is 20.9 Å². The highest BCUT2D eigenvalue weighted by atomic mass is 79.9. The van der Waals surface area contributed by atoms with Crippen LogP contribution >= 0.6 is 38.6 Å². The number of carbonyl (C=O) groups excluding carboxylic acids is 1. The fourth-order valence-corrected chi connectivity index (χ4v) is 3.40. The first-order valence-electron chi connectivity index (χ1n) is 4.98. The Kier molecular flexibility index (Phi) is 3.96. The van der Waals surface area contributed by atoms with Crippen LogP contribution in [-0.2, 0) is 6.54 Å². The average Bonchev–Trinajstić information content (AvgIpc) is 2.87. The summed E-state index contributed by atoms with van der Waals surface area (Å²) in [5.74, 6) is 0.0337. The Morgan fingerprint density at radius 2 is 2.29 bits per heavy atom. The summed E-state index contributed by atoms with van der Waals surface area (Å²) in [7, 11) is 1.80. The molecule has 0 aromatic carbocycles. The number of hydrogen-bond donors (Lipinski definition) is 0. The molecule has 17 heavy (non-hydrogen) atoms. The molecular formula is C11H11BrN2OS2. The van der Waals surface area contributed by atoms with Gasteiger partial charge in [-0.3, -0.25) is 4.79 Å². The van der Waals surface area contributed by atoms with Gasteiger partial charge in [-0.05, 0) is 35.0 Å². The predicted molar refractivity (Wildman–Crippen MR) is 74.7 cm³/mol. The largest absolute Gasteiger partial charge is 0.335 e. The Morgan fingerprint density at radius 1 is 1.53 bits per heavy atom. The van der Waals surface area contributed by atoms with Crippen LogP contribution in [0.5, 0.6) is 0 Å². The van der Waals surface area contributed by atoms with Gasteiger partial charge < -0.3 is 4.90 Å². The minimum absolute atomic E-state index is 0.0337. The van der Waals surface area contributed by atoms with E-state index in [1.807, 2.05) is 24.4 Å². The van der Waals surface area contributed by atoms with Crippen LogP contribution in [0, 0.1) is 6.92 Å². The lowest BCUT2D eigenvalue weighted by atomic mass is 10.4. The van der Waals surface area contributed by atoms with Gasteiger partial charge in [0.15, 0.2) is 0 Å². The SMILES string of the molecule is Cc1nc(CN(C)C(=O)c2ccc(Br)s2)cs1. The van der Waals surface area contributed by atoms with E-state index in [9.17, 15) is 4.79 Å².